The van der Waals surface area contributed by atoms with Crippen molar-refractivity contribution in [3.63, 3.8) is 0 Å². The van der Waals surface area contributed by atoms with E-state index in [1.807, 2.05) is 24.3 Å². The number of benzene rings is 1. The van der Waals surface area contributed by atoms with Gasteiger partial charge in [0.2, 0.25) is 5.28 Å². The van der Waals surface area contributed by atoms with E-state index in [0.717, 1.165) is 29.7 Å². The zero-order valence-corrected chi connectivity index (χ0v) is 18.4. The maximum absolute atomic E-state index is 6.09. The minimum Gasteiger partial charge on any atom is -0.399 e. The van der Waals surface area contributed by atoms with Crippen molar-refractivity contribution in [3.05, 3.63) is 64.3 Å². The van der Waals surface area contributed by atoms with Crippen LogP contribution < -0.4 is 16.8 Å². The highest BCUT2D eigenvalue weighted by molar-refractivity contribution is 6.33. The summed E-state index contributed by atoms with van der Waals surface area (Å²) in [7, 11) is 0. The molecule has 6 nitrogen and oxygen atoms in total. The summed E-state index contributed by atoms with van der Waals surface area (Å²) in [5, 5.41) is 3.64. The van der Waals surface area contributed by atoms with Gasteiger partial charge >= 0.3 is 0 Å². The lowest BCUT2D eigenvalue weighted by atomic mass is 10.0. The highest BCUT2D eigenvalue weighted by Gasteiger charge is 2.07. The van der Waals surface area contributed by atoms with E-state index in [1.165, 1.54) is 6.20 Å². The standard InChI is InChI=1S/C17H16Cl2N6.3ClH/c18-14-9-23-17(19)25-16(14)24-13-3-4-15(21)11(6-13)2-1-10-5-12(20)8-22-7-10;;;/h3-9H,1-2,20-21H2,(H,23,24,25);3*1H. The number of aromatic nitrogens is 3. The average Bonchev–Trinajstić information content (AvgIpc) is 2.58. The lowest BCUT2D eigenvalue weighted by Crippen LogP contribution is -2.01. The fraction of sp³-hybridized carbons (Fsp3) is 0.118. The summed E-state index contributed by atoms with van der Waals surface area (Å²) in [5.41, 5.74) is 16.1. The lowest BCUT2D eigenvalue weighted by Gasteiger charge is -2.11. The molecular weight excluding hydrogens is 465 g/mol. The molecule has 11 heteroatoms. The van der Waals surface area contributed by atoms with Crippen molar-refractivity contribution in [3.8, 4) is 0 Å². The van der Waals surface area contributed by atoms with Gasteiger partial charge in [-0.15, -0.1) is 37.2 Å². The smallest absolute Gasteiger partial charge is 0.224 e. The second kappa shape index (κ2) is 12.0. The van der Waals surface area contributed by atoms with Crippen LogP contribution in [0.2, 0.25) is 10.3 Å². The van der Waals surface area contributed by atoms with E-state index in [9.17, 15) is 0 Å². The number of nitrogens with zero attached hydrogens (tertiary/aromatic N) is 3. The van der Waals surface area contributed by atoms with Crippen LogP contribution in [0.1, 0.15) is 11.1 Å². The molecule has 0 unspecified atom stereocenters. The molecular formula is C17H19Cl5N6. The van der Waals surface area contributed by atoms with Crippen molar-refractivity contribution in [1.29, 1.82) is 0 Å². The Bertz CT molecular complexity index is 909. The van der Waals surface area contributed by atoms with Crippen LogP contribution in [0.4, 0.5) is 22.9 Å². The molecule has 3 aromatic rings. The van der Waals surface area contributed by atoms with Crippen molar-refractivity contribution >= 4 is 83.3 Å². The van der Waals surface area contributed by atoms with Gasteiger partial charge in [-0.1, -0.05) is 11.6 Å². The van der Waals surface area contributed by atoms with Crippen LogP contribution in [0, 0.1) is 0 Å². The number of hydrogen-bond donors (Lipinski definition) is 3. The maximum Gasteiger partial charge on any atom is 0.224 e. The molecule has 0 aliphatic heterocycles. The van der Waals surface area contributed by atoms with Crippen molar-refractivity contribution in [2.75, 3.05) is 16.8 Å². The number of nitrogens with two attached hydrogens (primary N) is 2. The Morgan fingerprint density at radius 3 is 2.39 bits per heavy atom. The number of hydrogen-bond acceptors (Lipinski definition) is 6. The van der Waals surface area contributed by atoms with E-state index in [-0.39, 0.29) is 42.5 Å². The first-order chi connectivity index (χ1) is 12.0. The van der Waals surface area contributed by atoms with Crippen LogP contribution in [-0.4, -0.2) is 15.0 Å². The second-order valence-corrected chi connectivity index (χ2v) is 6.25. The molecule has 0 fully saturated rings. The van der Waals surface area contributed by atoms with Gasteiger partial charge in [0, 0.05) is 23.8 Å². The number of aryl methyl sites for hydroxylation is 2. The van der Waals surface area contributed by atoms with Crippen LogP contribution in [0.5, 0.6) is 0 Å². The lowest BCUT2D eigenvalue weighted by molar-refractivity contribution is 0.953. The van der Waals surface area contributed by atoms with Gasteiger partial charge in [0.25, 0.3) is 0 Å². The molecule has 2 heterocycles. The number of rotatable bonds is 5. The van der Waals surface area contributed by atoms with Crippen molar-refractivity contribution < 1.29 is 0 Å². The summed E-state index contributed by atoms with van der Waals surface area (Å²) in [6.45, 7) is 0. The SMILES string of the molecule is Cl.Cl.Cl.Nc1cncc(CCc2cc(Nc3nc(Cl)ncc3Cl)ccc2N)c1. The van der Waals surface area contributed by atoms with E-state index in [1.54, 1.807) is 12.4 Å². The van der Waals surface area contributed by atoms with Crippen LogP contribution in [0.3, 0.4) is 0 Å². The molecule has 5 N–H and O–H groups in total. The highest BCUT2D eigenvalue weighted by Crippen LogP contribution is 2.26. The summed E-state index contributed by atoms with van der Waals surface area (Å²) < 4.78 is 0. The third-order valence-electron chi connectivity index (χ3n) is 3.62. The van der Waals surface area contributed by atoms with E-state index in [4.69, 9.17) is 34.7 Å². The molecule has 28 heavy (non-hydrogen) atoms. The second-order valence-electron chi connectivity index (χ2n) is 5.50. The predicted molar refractivity (Wildman–Crippen MR) is 124 cm³/mol. The van der Waals surface area contributed by atoms with Crippen LogP contribution >= 0.6 is 60.4 Å². The Kier molecular flexibility index (Phi) is 11.3. The monoisotopic (exact) mass is 482 g/mol. The van der Waals surface area contributed by atoms with Crippen LogP contribution in [-0.2, 0) is 12.8 Å². The number of halogens is 5. The molecule has 3 rings (SSSR count). The Morgan fingerprint density at radius 1 is 0.929 bits per heavy atom. The first-order valence-electron chi connectivity index (χ1n) is 7.54. The van der Waals surface area contributed by atoms with Gasteiger partial charge in [0.1, 0.15) is 5.02 Å². The van der Waals surface area contributed by atoms with Gasteiger partial charge in [-0.25, -0.2) is 4.98 Å². The molecule has 0 radical (unpaired) electrons. The fourth-order valence-electron chi connectivity index (χ4n) is 2.39. The van der Waals surface area contributed by atoms with Gasteiger partial charge < -0.3 is 16.8 Å². The molecule has 1 aromatic carbocycles. The zero-order valence-electron chi connectivity index (χ0n) is 14.4. The average molecular weight is 485 g/mol. The third kappa shape index (κ3) is 7.04. The minimum absolute atomic E-state index is 0. The molecule has 0 spiro atoms. The minimum atomic E-state index is 0. The van der Waals surface area contributed by atoms with Gasteiger partial charge in [-0.05, 0) is 59.8 Å². The molecule has 0 aliphatic rings. The largest absolute Gasteiger partial charge is 0.399 e. The summed E-state index contributed by atoms with van der Waals surface area (Å²) in [4.78, 5) is 12.0. The van der Waals surface area contributed by atoms with E-state index < -0.39 is 0 Å². The number of anilines is 4. The molecule has 0 atom stereocenters. The first kappa shape index (κ1) is 26.3. The molecule has 0 saturated carbocycles. The Hall–Kier alpha value is -1.70. The molecule has 0 bridgehead atoms. The van der Waals surface area contributed by atoms with Crippen molar-refractivity contribution in [1.82, 2.24) is 15.0 Å². The Labute approximate surface area is 191 Å². The van der Waals surface area contributed by atoms with Gasteiger partial charge in [0.15, 0.2) is 5.82 Å². The van der Waals surface area contributed by atoms with Gasteiger partial charge in [-0.2, -0.15) is 4.98 Å². The van der Waals surface area contributed by atoms with Crippen LogP contribution in [0.15, 0.2) is 42.9 Å². The molecule has 152 valence electrons. The van der Waals surface area contributed by atoms with E-state index in [2.05, 4.69) is 20.3 Å². The Balaban J connectivity index is 0.00000243. The maximum atomic E-state index is 6.09. The van der Waals surface area contributed by atoms with Crippen molar-refractivity contribution in [2.45, 2.75) is 12.8 Å². The van der Waals surface area contributed by atoms with Crippen molar-refractivity contribution in [2.24, 2.45) is 0 Å². The number of nitrogens with one attached hydrogen (secondary N) is 1. The van der Waals surface area contributed by atoms with E-state index >= 15 is 0 Å². The van der Waals surface area contributed by atoms with E-state index in [0.29, 0.717) is 22.2 Å². The third-order valence-corrected chi connectivity index (χ3v) is 4.08. The van der Waals surface area contributed by atoms with Crippen LogP contribution in [0.25, 0.3) is 0 Å². The topological polar surface area (TPSA) is 103 Å². The summed E-state index contributed by atoms with van der Waals surface area (Å²) in [6, 6.07) is 7.56. The predicted octanol–water partition coefficient (Wildman–Crippen LogP) is 5.14. The number of nitrogen functional groups attached to an aromatic ring is 2. The number of pyridine rings is 1. The molecule has 0 aliphatic carbocycles. The summed E-state index contributed by atoms with van der Waals surface area (Å²) >= 11 is 11.9. The zero-order chi connectivity index (χ0) is 17.8. The first-order valence-corrected chi connectivity index (χ1v) is 8.30. The molecule has 0 amide bonds. The van der Waals surface area contributed by atoms with Gasteiger partial charge in [0.05, 0.1) is 11.9 Å². The highest BCUT2D eigenvalue weighted by atomic mass is 35.5. The Morgan fingerprint density at radius 2 is 1.68 bits per heavy atom. The molecule has 2 aromatic heterocycles. The normalized spacial score (nSPS) is 9.50. The molecule has 0 saturated heterocycles. The summed E-state index contributed by atoms with van der Waals surface area (Å²) in [5.74, 6) is 0.442. The fourth-order valence-corrected chi connectivity index (χ4v) is 2.67. The summed E-state index contributed by atoms with van der Waals surface area (Å²) in [6.07, 6.45) is 6.41. The van der Waals surface area contributed by atoms with Gasteiger partial charge in [-0.3, -0.25) is 4.98 Å². The quantitative estimate of drug-likeness (QED) is 0.342.